The third-order valence-corrected chi connectivity index (χ3v) is 10.4. The zero-order valence-corrected chi connectivity index (χ0v) is 27.5. The summed E-state index contributed by atoms with van der Waals surface area (Å²) in [5.74, 6) is 0. The topological polar surface area (TPSA) is 29.5 Å². The predicted molar refractivity (Wildman–Crippen MR) is 214 cm³/mol. The van der Waals surface area contributed by atoms with Gasteiger partial charge in [0.05, 0.1) is 5.69 Å². The monoisotopic (exact) mass is 651 g/mol. The van der Waals surface area contributed by atoms with Crippen molar-refractivity contribution in [3.8, 4) is 11.1 Å². The summed E-state index contributed by atoms with van der Waals surface area (Å²) in [5.41, 5.74) is 9.13. The van der Waals surface area contributed by atoms with Crippen molar-refractivity contribution in [1.29, 1.82) is 0 Å². The second-order valence-corrected chi connectivity index (χ2v) is 13.2. The number of hydrogen-bond donors (Lipinski definition) is 0. The number of furan rings is 2. The number of anilines is 3. The van der Waals surface area contributed by atoms with Gasteiger partial charge < -0.3 is 13.7 Å². The molecule has 51 heavy (non-hydrogen) atoms. The Morgan fingerprint density at radius 1 is 0.333 bits per heavy atom. The molecule has 0 fully saturated rings. The van der Waals surface area contributed by atoms with E-state index in [1.165, 1.54) is 37.9 Å². The van der Waals surface area contributed by atoms with Crippen LogP contribution >= 0.6 is 0 Å². The largest absolute Gasteiger partial charge is 0.455 e. The van der Waals surface area contributed by atoms with Crippen LogP contribution in [0.5, 0.6) is 0 Å². The first-order chi connectivity index (χ1) is 25.3. The summed E-state index contributed by atoms with van der Waals surface area (Å²) < 4.78 is 13.0. The molecule has 0 amide bonds. The summed E-state index contributed by atoms with van der Waals surface area (Å²) in [5, 5.41) is 11.9. The highest BCUT2D eigenvalue weighted by atomic mass is 16.3. The first kappa shape index (κ1) is 28.0. The van der Waals surface area contributed by atoms with Crippen LogP contribution in [0.4, 0.5) is 17.1 Å². The van der Waals surface area contributed by atoms with Crippen LogP contribution in [0.2, 0.25) is 0 Å². The summed E-state index contributed by atoms with van der Waals surface area (Å²) in [7, 11) is 0. The number of fused-ring (bicyclic) bond motifs is 13. The normalized spacial score (nSPS) is 11.9. The molecule has 238 valence electrons. The van der Waals surface area contributed by atoms with Gasteiger partial charge >= 0.3 is 0 Å². The zero-order chi connectivity index (χ0) is 33.5. The lowest BCUT2D eigenvalue weighted by molar-refractivity contribution is 0.669. The Balaban J connectivity index is 1.05. The quantitative estimate of drug-likeness (QED) is 0.177. The van der Waals surface area contributed by atoms with E-state index in [9.17, 15) is 0 Å². The maximum Gasteiger partial charge on any atom is 0.159 e. The van der Waals surface area contributed by atoms with E-state index in [2.05, 4.69) is 163 Å². The predicted octanol–water partition coefficient (Wildman–Crippen LogP) is 14.1. The Kier molecular flexibility index (Phi) is 5.96. The molecule has 0 N–H and O–H groups in total. The van der Waals surface area contributed by atoms with Gasteiger partial charge in [-0.3, -0.25) is 0 Å². The molecular formula is C48H29NO2. The Bertz CT molecular complexity index is 3130. The Labute approximate surface area is 293 Å². The molecule has 0 aliphatic rings. The Morgan fingerprint density at radius 3 is 1.75 bits per heavy atom. The molecule has 3 nitrogen and oxygen atoms in total. The molecule has 2 heterocycles. The number of hydrogen-bond acceptors (Lipinski definition) is 3. The molecule has 11 aromatic rings. The molecule has 0 atom stereocenters. The lowest BCUT2D eigenvalue weighted by atomic mass is 9.91. The van der Waals surface area contributed by atoms with E-state index in [-0.39, 0.29) is 0 Å². The molecule has 0 unspecified atom stereocenters. The molecule has 0 saturated carbocycles. The van der Waals surface area contributed by atoms with Gasteiger partial charge in [0.1, 0.15) is 16.7 Å². The Morgan fingerprint density at radius 2 is 0.922 bits per heavy atom. The van der Waals surface area contributed by atoms with E-state index in [4.69, 9.17) is 8.83 Å². The minimum atomic E-state index is 0.876. The second-order valence-electron chi connectivity index (χ2n) is 13.2. The first-order valence-corrected chi connectivity index (χ1v) is 17.3. The highest BCUT2D eigenvalue weighted by Gasteiger charge is 2.20. The summed E-state index contributed by atoms with van der Waals surface area (Å²) in [4.78, 5) is 2.28. The molecule has 0 aliphatic heterocycles. The Hall–Kier alpha value is -6.84. The number of benzene rings is 9. The van der Waals surface area contributed by atoms with Crippen molar-refractivity contribution in [1.82, 2.24) is 0 Å². The minimum Gasteiger partial charge on any atom is -0.455 e. The highest BCUT2D eigenvalue weighted by Crippen LogP contribution is 2.45. The molecule has 0 radical (unpaired) electrons. The van der Waals surface area contributed by atoms with Crippen LogP contribution in [-0.4, -0.2) is 0 Å². The van der Waals surface area contributed by atoms with Crippen molar-refractivity contribution < 1.29 is 8.83 Å². The van der Waals surface area contributed by atoms with Crippen molar-refractivity contribution >= 4 is 93.3 Å². The molecule has 11 rings (SSSR count). The number of nitrogens with zero attached hydrogens (tertiary/aromatic N) is 1. The zero-order valence-electron chi connectivity index (χ0n) is 27.5. The van der Waals surface area contributed by atoms with Crippen LogP contribution in [0.1, 0.15) is 0 Å². The lowest BCUT2D eigenvalue weighted by Crippen LogP contribution is -2.10. The summed E-state index contributed by atoms with van der Waals surface area (Å²) in [6.45, 7) is 0. The maximum absolute atomic E-state index is 6.49. The molecule has 9 aromatic carbocycles. The van der Waals surface area contributed by atoms with Gasteiger partial charge in [-0.2, -0.15) is 0 Å². The van der Waals surface area contributed by atoms with E-state index in [0.717, 1.165) is 66.5 Å². The van der Waals surface area contributed by atoms with Crippen LogP contribution in [0.15, 0.2) is 185 Å². The standard InChI is InChI=1S/C48H29NO2/c1-2-11-33(12-3-1)49(42-18-10-17-38-36-13-6-8-19-43(36)50-47(38)42)34-25-21-30(22-26-34)31-23-27-35-32(29-31)24-28-41-45(35)37-14-4-5-15-39(37)48-46(41)40-16-7-9-20-44(40)51-48/h1-29H. The third kappa shape index (κ3) is 4.19. The van der Waals surface area contributed by atoms with Gasteiger partial charge in [-0.25, -0.2) is 0 Å². The van der Waals surface area contributed by atoms with Crippen LogP contribution in [0, 0.1) is 0 Å². The first-order valence-electron chi connectivity index (χ1n) is 17.3. The molecule has 0 bridgehead atoms. The van der Waals surface area contributed by atoms with Crippen LogP contribution < -0.4 is 4.90 Å². The van der Waals surface area contributed by atoms with Crippen molar-refractivity contribution in [3.05, 3.63) is 176 Å². The summed E-state index contributed by atoms with van der Waals surface area (Å²) in [6.07, 6.45) is 0. The average Bonchev–Trinajstić information content (AvgIpc) is 3.78. The van der Waals surface area contributed by atoms with Gasteiger partial charge in [0.15, 0.2) is 5.58 Å². The van der Waals surface area contributed by atoms with Gasteiger partial charge in [-0.05, 0) is 86.6 Å². The van der Waals surface area contributed by atoms with Crippen molar-refractivity contribution in [2.75, 3.05) is 4.90 Å². The number of rotatable bonds is 4. The minimum absolute atomic E-state index is 0.876. The van der Waals surface area contributed by atoms with Gasteiger partial charge in [0.25, 0.3) is 0 Å². The molecule has 0 saturated heterocycles. The fourth-order valence-corrected chi connectivity index (χ4v) is 8.13. The van der Waals surface area contributed by atoms with E-state index < -0.39 is 0 Å². The van der Waals surface area contributed by atoms with Crippen molar-refractivity contribution in [2.24, 2.45) is 0 Å². The van der Waals surface area contributed by atoms with Crippen LogP contribution in [0.3, 0.4) is 0 Å². The maximum atomic E-state index is 6.49. The third-order valence-electron chi connectivity index (χ3n) is 10.4. The summed E-state index contributed by atoms with van der Waals surface area (Å²) in [6, 6.07) is 62.4. The summed E-state index contributed by atoms with van der Waals surface area (Å²) >= 11 is 0. The molecule has 0 spiro atoms. The van der Waals surface area contributed by atoms with E-state index in [1.807, 2.05) is 18.2 Å². The highest BCUT2D eigenvalue weighted by molar-refractivity contribution is 6.34. The van der Waals surface area contributed by atoms with E-state index in [1.54, 1.807) is 0 Å². The molecule has 3 heteroatoms. The van der Waals surface area contributed by atoms with Crippen LogP contribution in [-0.2, 0) is 0 Å². The molecular weight excluding hydrogens is 623 g/mol. The van der Waals surface area contributed by atoms with Gasteiger partial charge in [0, 0.05) is 38.3 Å². The van der Waals surface area contributed by atoms with Gasteiger partial charge in [-0.15, -0.1) is 0 Å². The number of para-hydroxylation sites is 4. The lowest BCUT2D eigenvalue weighted by Gasteiger charge is -2.25. The van der Waals surface area contributed by atoms with Gasteiger partial charge in [-0.1, -0.05) is 127 Å². The molecule has 0 aliphatic carbocycles. The smallest absolute Gasteiger partial charge is 0.159 e. The molecule has 2 aromatic heterocycles. The van der Waals surface area contributed by atoms with Crippen molar-refractivity contribution in [2.45, 2.75) is 0 Å². The van der Waals surface area contributed by atoms with Crippen molar-refractivity contribution in [3.63, 3.8) is 0 Å². The van der Waals surface area contributed by atoms with Crippen LogP contribution in [0.25, 0.3) is 87.3 Å². The fourth-order valence-electron chi connectivity index (χ4n) is 8.13. The van der Waals surface area contributed by atoms with E-state index in [0.29, 0.717) is 0 Å². The van der Waals surface area contributed by atoms with E-state index >= 15 is 0 Å². The SMILES string of the molecule is c1ccc(N(c2ccc(-c3ccc4c(ccc5c4c4ccccc4c4oc6ccccc6c54)c3)cc2)c2cccc3c2oc2ccccc23)cc1. The second kappa shape index (κ2) is 10.8. The average molecular weight is 652 g/mol. The fraction of sp³-hybridized carbons (Fsp3) is 0. The van der Waals surface area contributed by atoms with Gasteiger partial charge in [0.2, 0.25) is 0 Å².